The zero-order chi connectivity index (χ0) is 44.3. The third-order valence-electron chi connectivity index (χ3n) is 11.9. The number of benzene rings is 1. The van der Waals surface area contributed by atoms with E-state index in [4.69, 9.17) is 19.4 Å². The van der Waals surface area contributed by atoms with Crippen LogP contribution in [-0.2, 0) is 24.0 Å². The molecule has 5 N–H and O–H groups in total. The largest absolute Gasteiger partial charge is 0.497 e. The SMILES string of the molecule is COc1ccc2c(O[C@@H]3C[C@H]4C(=O)N[C@]5(C(=O)O)CC5C=CCCCCC[C@H](NC(=O)N[C@H](C(=O)N5CCCC5=O)C(C)C)C(=O)N4C3)cc(-c3csc(NC(C)C)n3)nc2c1. The highest BCUT2D eigenvalue weighted by Crippen LogP contribution is 2.45. The minimum absolute atomic E-state index is 0.0228. The Balaban J connectivity index is 1.19. The van der Waals surface area contributed by atoms with E-state index in [1.54, 1.807) is 39.2 Å². The number of rotatable bonds is 11. The lowest BCUT2D eigenvalue weighted by Crippen LogP contribution is -2.59. The van der Waals surface area contributed by atoms with Crippen molar-refractivity contribution in [2.75, 3.05) is 25.5 Å². The average molecular weight is 873 g/mol. The van der Waals surface area contributed by atoms with E-state index in [0.29, 0.717) is 53.1 Å². The van der Waals surface area contributed by atoms with Crippen LogP contribution in [-0.4, -0.2) is 117 Å². The molecule has 17 nitrogen and oxygen atoms in total. The fraction of sp³-hybridized carbons (Fsp3) is 0.545. The summed E-state index contributed by atoms with van der Waals surface area (Å²) >= 11 is 1.44. The molecule has 4 aliphatic rings. The van der Waals surface area contributed by atoms with Crippen LogP contribution in [0.2, 0.25) is 0 Å². The smallest absolute Gasteiger partial charge is 0.330 e. The summed E-state index contributed by atoms with van der Waals surface area (Å²) in [5.41, 5.74) is 0.215. The Labute approximate surface area is 364 Å². The first-order valence-electron chi connectivity index (χ1n) is 21.5. The number of allylic oxidation sites excluding steroid dienone is 1. The van der Waals surface area contributed by atoms with Crippen LogP contribution in [0.1, 0.15) is 85.5 Å². The second kappa shape index (κ2) is 18.7. The number of aromatic nitrogens is 2. The number of likely N-dealkylation sites (tertiary alicyclic amines) is 1. The molecule has 3 aliphatic heterocycles. The summed E-state index contributed by atoms with van der Waals surface area (Å²) in [5, 5.41) is 25.3. The predicted molar refractivity (Wildman–Crippen MR) is 232 cm³/mol. The molecule has 1 aliphatic carbocycles. The van der Waals surface area contributed by atoms with E-state index in [9.17, 15) is 33.9 Å². The molecule has 1 unspecified atom stereocenters. The van der Waals surface area contributed by atoms with Gasteiger partial charge < -0.3 is 40.7 Å². The molecule has 6 amide bonds. The van der Waals surface area contributed by atoms with Gasteiger partial charge in [0.1, 0.15) is 47.0 Å². The van der Waals surface area contributed by atoms with Crippen LogP contribution in [0.4, 0.5) is 9.93 Å². The van der Waals surface area contributed by atoms with E-state index < -0.39 is 65.4 Å². The monoisotopic (exact) mass is 872 g/mol. The molecule has 7 rings (SSSR count). The maximum atomic E-state index is 14.8. The van der Waals surface area contributed by atoms with Crippen molar-refractivity contribution in [2.24, 2.45) is 11.8 Å². The number of imide groups is 1. The van der Waals surface area contributed by atoms with Gasteiger partial charge in [-0.2, -0.15) is 0 Å². The quantitative estimate of drug-likeness (QED) is 0.163. The number of nitrogens with one attached hydrogen (secondary N) is 4. The van der Waals surface area contributed by atoms with Crippen LogP contribution in [0.25, 0.3) is 22.3 Å². The van der Waals surface area contributed by atoms with E-state index in [1.807, 2.05) is 37.4 Å². The Kier molecular flexibility index (Phi) is 13.3. The summed E-state index contributed by atoms with van der Waals surface area (Å²) < 4.78 is 12.2. The molecule has 5 heterocycles. The molecule has 1 saturated carbocycles. The summed E-state index contributed by atoms with van der Waals surface area (Å²) in [6.07, 6.45) is 7.06. The molecule has 1 aromatic carbocycles. The van der Waals surface area contributed by atoms with Crippen LogP contribution in [0, 0.1) is 11.8 Å². The zero-order valence-electron chi connectivity index (χ0n) is 35.8. The van der Waals surface area contributed by atoms with E-state index in [1.165, 1.54) is 21.1 Å². The number of methoxy groups -OCH3 is 1. The van der Waals surface area contributed by atoms with E-state index in [-0.39, 0.29) is 56.6 Å². The number of nitrogens with zero attached hydrogens (tertiary/aromatic N) is 4. The lowest BCUT2D eigenvalue weighted by molar-refractivity contribution is -0.145. The number of thiazole rings is 1. The summed E-state index contributed by atoms with van der Waals surface area (Å²) in [4.78, 5) is 93.6. The standard InChI is InChI=1S/C44H56N8O9S/c1-24(2)37(40(56)51-17-11-14-36(51)53)49-42(59)47-30-13-10-8-6-7-9-12-26-21-44(26,41(57)58)50-38(54)34-19-28(22-52(34)39(30)55)61-35-20-32(33-23-62-43(48-33)45-25(3)4)46-31-18-27(60-5)15-16-29(31)35/h9,12,15-16,18,20,23-26,28,30,34,37H,6-8,10-11,13-14,17,19,21-22H2,1-5H3,(H,45,48)(H,50,54)(H,57,58)(H2,47,49,59)/t26?,28-,30+,34+,37+,44-/m1/s1. The van der Waals surface area contributed by atoms with Crippen LogP contribution in [0.5, 0.6) is 11.5 Å². The third-order valence-corrected chi connectivity index (χ3v) is 12.7. The predicted octanol–water partition coefficient (Wildman–Crippen LogP) is 4.86. The van der Waals surface area contributed by atoms with Crippen molar-refractivity contribution in [3.8, 4) is 22.9 Å². The molecule has 0 spiro atoms. The first-order valence-corrected chi connectivity index (χ1v) is 22.4. The molecule has 0 bridgehead atoms. The maximum Gasteiger partial charge on any atom is 0.330 e. The van der Waals surface area contributed by atoms with Crippen molar-refractivity contribution >= 4 is 63.0 Å². The van der Waals surface area contributed by atoms with Crippen LogP contribution in [0.3, 0.4) is 0 Å². The van der Waals surface area contributed by atoms with Gasteiger partial charge in [0.05, 0.1) is 24.9 Å². The van der Waals surface area contributed by atoms with Crippen molar-refractivity contribution in [3.05, 3.63) is 41.8 Å². The van der Waals surface area contributed by atoms with Gasteiger partial charge >= 0.3 is 12.0 Å². The third kappa shape index (κ3) is 9.64. The Bertz CT molecular complexity index is 2250. The molecule has 18 heteroatoms. The first-order chi connectivity index (χ1) is 29.7. The van der Waals surface area contributed by atoms with Gasteiger partial charge in [0.2, 0.25) is 17.7 Å². The number of anilines is 1. The number of fused-ring (bicyclic) bond motifs is 3. The molecule has 0 radical (unpaired) electrons. The molecular weight excluding hydrogens is 817 g/mol. The summed E-state index contributed by atoms with van der Waals surface area (Å²) in [7, 11) is 1.56. The number of carboxylic acids is 1. The van der Waals surface area contributed by atoms with Crippen LogP contribution in [0.15, 0.2) is 41.8 Å². The minimum atomic E-state index is -1.51. The number of amides is 6. The first kappa shape index (κ1) is 44.3. The highest BCUT2D eigenvalue weighted by atomic mass is 32.1. The van der Waals surface area contributed by atoms with Gasteiger partial charge in [-0.1, -0.05) is 38.8 Å². The Morgan fingerprint density at radius 3 is 2.55 bits per heavy atom. The van der Waals surface area contributed by atoms with Gasteiger partial charge in [-0.15, -0.1) is 11.3 Å². The fourth-order valence-corrected chi connectivity index (χ4v) is 9.32. The zero-order valence-corrected chi connectivity index (χ0v) is 36.6. The number of pyridine rings is 1. The van der Waals surface area contributed by atoms with E-state index in [2.05, 4.69) is 21.3 Å². The van der Waals surface area contributed by atoms with Gasteiger partial charge in [-0.05, 0) is 64.0 Å². The van der Waals surface area contributed by atoms with Crippen LogP contribution >= 0.6 is 11.3 Å². The number of aliphatic carboxylic acids is 1. The number of ether oxygens (including phenoxy) is 2. The molecule has 332 valence electrons. The van der Waals surface area contributed by atoms with Gasteiger partial charge in [-0.25, -0.2) is 19.6 Å². The van der Waals surface area contributed by atoms with Gasteiger partial charge in [-0.3, -0.25) is 24.1 Å². The van der Waals surface area contributed by atoms with Crippen molar-refractivity contribution < 1.29 is 43.3 Å². The number of urea groups is 1. The van der Waals surface area contributed by atoms with E-state index >= 15 is 0 Å². The normalized spacial score (nSPS) is 24.8. The highest BCUT2D eigenvalue weighted by Gasteiger charge is 2.61. The molecule has 62 heavy (non-hydrogen) atoms. The summed E-state index contributed by atoms with van der Waals surface area (Å²) in [6, 6.07) is 3.30. The van der Waals surface area contributed by atoms with Gasteiger partial charge in [0, 0.05) is 54.2 Å². The highest BCUT2D eigenvalue weighted by molar-refractivity contribution is 7.14. The maximum absolute atomic E-state index is 14.8. The topological polar surface area (TPSA) is 221 Å². The lowest BCUT2D eigenvalue weighted by Gasteiger charge is -2.30. The number of hydrogen-bond acceptors (Lipinski definition) is 12. The molecule has 3 fully saturated rings. The number of carbonyl (C=O) groups is 6. The number of hydrogen-bond donors (Lipinski definition) is 5. The summed E-state index contributed by atoms with van der Waals surface area (Å²) in [6.45, 7) is 7.79. The molecule has 6 atom stereocenters. The second-order valence-electron chi connectivity index (χ2n) is 17.2. The van der Waals surface area contributed by atoms with Gasteiger partial charge in [0.15, 0.2) is 5.13 Å². The Morgan fingerprint density at radius 2 is 1.84 bits per heavy atom. The van der Waals surface area contributed by atoms with Crippen molar-refractivity contribution in [1.82, 2.24) is 35.7 Å². The minimum Gasteiger partial charge on any atom is -0.497 e. The average Bonchev–Trinajstić information content (AvgIpc) is 3.59. The van der Waals surface area contributed by atoms with Crippen molar-refractivity contribution in [1.29, 1.82) is 0 Å². The molecule has 2 saturated heterocycles. The Morgan fingerprint density at radius 1 is 1.03 bits per heavy atom. The molecule has 2 aromatic heterocycles. The molecular formula is C44H56N8O9S. The lowest BCUT2D eigenvalue weighted by atomic mass is 10.0. The second-order valence-corrected chi connectivity index (χ2v) is 18.1. The Hall–Kier alpha value is -5.78. The molecule has 3 aromatic rings. The van der Waals surface area contributed by atoms with Gasteiger partial charge in [0.25, 0.3) is 5.91 Å². The number of carbonyl (C=O) groups excluding carboxylic acids is 5. The van der Waals surface area contributed by atoms with E-state index in [0.717, 1.165) is 18.0 Å². The fourth-order valence-electron chi connectivity index (χ4n) is 8.47. The van der Waals surface area contributed by atoms with Crippen molar-refractivity contribution in [2.45, 2.75) is 121 Å². The van der Waals surface area contributed by atoms with Crippen LogP contribution < -0.4 is 30.7 Å². The number of carboxylic acid groups (broad SMARTS) is 1. The van der Waals surface area contributed by atoms with Crippen molar-refractivity contribution in [3.63, 3.8) is 0 Å². The summed E-state index contributed by atoms with van der Waals surface area (Å²) in [5.74, 6) is -2.89.